The van der Waals surface area contributed by atoms with Gasteiger partial charge in [0, 0.05) is 43.2 Å². The Balaban J connectivity index is 1.63. The summed E-state index contributed by atoms with van der Waals surface area (Å²) < 4.78 is 25.2. The lowest BCUT2D eigenvalue weighted by atomic mass is 10.0. The molecule has 1 saturated heterocycles. The van der Waals surface area contributed by atoms with Crippen molar-refractivity contribution in [1.29, 1.82) is 0 Å². The Kier molecular flexibility index (Phi) is 8.72. The van der Waals surface area contributed by atoms with E-state index in [2.05, 4.69) is 25.0 Å². The van der Waals surface area contributed by atoms with E-state index in [4.69, 9.17) is 17.3 Å². The number of aromatic nitrogens is 3. The highest BCUT2D eigenvalue weighted by Gasteiger charge is 2.28. The lowest BCUT2D eigenvalue weighted by Gasteiger charge is -2.38. The maximum absolute atomic E-state index is 12.6. The van der Waals surface area contributed by atoms with Crippen LogP contribution in [0.4, 0.5) is 11.9 Å². The molecule has 2 heterocycles. The molecule has 1 aliphatic rings. The Morgan fingerprint density at radius 1 is 1.24 bits per heavy atom. The summed E-state index contributed by atoms with van der Waals surface area (Å²) in [5.74, 6) is -0.0488. The number of nitrogens with two attached hydrogens (primary N) is 1. The van der Waals surface area contributed by atoms with Crippen LogP contribution < -0.4 is 10.6 Å². The Bertz CT molecular complexity index is 1020. The third-order valence-corrected chi connectivity index (χ3v) is 7.83. The summed E-state index contributed by atoms with van der Waals surface area (Å²) >= 11 is 6.00. The van der Waals surface area contributed by atoms with Gasteiger partial charge in [-0.2, -0.15) is 4.98 Å². The molecule has 11 heteroatoms. The van der Waals surface area contributed by atoms with Gasteiger partial charge in [-0.1, -0.05) is 37.6 Å². The number of halogens is 1. The molecule has 1 aromatic heterocycles. The second-order valence-electron chi connectivity index (χ2n) is 8.86. The van der Waals surface area contributed by atoms with Crippen LogP contribution in [0.15, 0.2) is 24.3 Å². The number of piperidine rings is 1. The van der Waals surface area contributed by atoms with Crippen molar-refractivity contribution in [2.24, 2.45) is 5.92 Å². The lowest BCUT2D eigenvalue weighted by molar-refractivity contribution is -0.119. The third kappa shape index (κ3) is 7.68. The molecular formula is C22H33ClN6O3S. The van der Waals surface area contributed by atoms with Gasteiger partial charge < -0.3 is 10.6 Å². The number of hydrogen-bond donors (Lipinski definition) is 2. The van der Waals surface area contributed by atoms with E-state index in [1.807, 2.05) is 24.3 Å². The van der Waals surface area contributed by atoms with E-state index < -0.39 is 9.84 Å². The van der Waals surface area contributed by atoms with Crippen LogP contribution in [0, 0.1) is 5.92 Å². The zero-order valence-electron chi connectivity index (χ0n) is 19.2. The second-order valence-corrected chi connectivity index (χ2v) is 11.5. The van der Waals surface area contributed by atoms with Crippen molar-refractivity contribution >= 4 is 39.1 Å². The van der Waals surface area contributed by atoms with E-state index in [9.17, 15) is 13.2 Å². The maximum atomic E-state index is 12.6. The fraction of sp³-hybridized carbons (Fsp3) is 0.591. The topological polar surface area (TPSA) is 125 Å². The summed E-state index contributed by atoms with van der Waals surface area (Å²) in [6, 6.07) is 7.96. The van der Waals surface area contributed by atoms with Crippen LogP contribution in [0.1, 0.15) is 32.3 Å². The molecular weight excluding hydrogens is 464 g/mol. The van der Waals surface area contributed by atoms with E-state index >= 15 is 0 Å². The number of sulfone groups is 1. The van der Waals surface area contributed by atoms with Crippen molar-refractivity contribution in [2.45, 2.75) is 39.2 Å². The smallest absolute Gasteiger partial charge is 0.246 e. The number of carbonyl (C=O) groups excluding carboxylic acids is 1. The van der Waals surface area contributed by atoms with Gasteiger partial charge in [0.2, 0.25) is 11.9 Å². The second kappa shape index (κ2) is 11.3. The highest BCUT2D eigenvalue weighted by atomic mass is 35.5. The summed E-state index contributed by atoms with van der Waals surface area (Å²) in [7, 11) is -3.46. The van der Waals surface area contributed by atoms with Gasteiger partial charge in [-0.15, -0.1) is 5.10 Å². The number of rotatable bonds is 11. The molecule has 0 radical (unpaired) electrons. The molecule has 1 aromatic carbocycles. The molecule has 3 rings (SSSR count). The van der Waals surface area contributed by atoms with Gasteiger partial charge in [-0.05, 0) is 37.0 Å². The van der Waals surface area contributed by atoms with Crippen LogP contribution in [0.2, 0.25) is 5.02 Å². The number of nitrogens with one attached hydrogen (secondary N) is 1. The predicted molar refractivity (Wildman–Crippen MR) is 131 cm³/mol. The van der Waals surface area contributed by atoms with Crippen molar-refractivity contribution in [2.75, 3.05) is 48.3 Å². The fourth-order valence-corrected chi connectivity index (χ4v) is 5.50. The first-order valence-electron chi connectivity index (χ1n) is 11.3. The van der Waals surface area contributed by atoms with Crippen molar-refractivity contribution in [3.8, 4) is 0 Å². The minimum atomic E-state index is -3.46. The molecule has 0 saturated carbocycles. The third-order valence-electron chi connectivity index (χ3n) is 6.05. The number of hydrogen-bond acceptors (Lipinski definition) is 8. The maximum Gasteiger partial charge on any atom is 0.246 e. The minimum Gasteiger partial charge on any atom is -0.368 e. The van der Waals surface area contributed by atoms with Gasteiger partial charge in [0.05, 0.1) is 5.75 Å². The minimum absolute atomic E-state index is 0.0241. The summed E-state index contributed by atoms with van der Waals surface area (Å²) in [4.78, 5) is 20.5. The summed E-state index contributed by atoms with van der Waals surface area (Å²) in [6.45, 7) is 6.11. The molecule has 0 aliphatic carbocycles. The summed E-state index contributed by atoms with van der Waals surface area (Å²) in [5, 5.41) is 7.49. The number of nitrogen functional groups attached to an aromatic ring is 1. The lowest BCUT2D eigenvalue weighted by Crippen LogP contribution is -2.47. The van der Waals surface area contributed by atoms with Gasteiger partial charge in [-0.3, -0.25) is 9.69 Å². The van der Waals surface area contributed by atoms with Crippen LogP contribution in [-0.2, 0) is 21.1 Å². The van der Waals surface area contributed by atoms with E-state index in [1.165, 1.54) is 0 Å². The summed E-state index contributed by atoms with van der Waals surface area (Å²) in [5.41, 5.74) is 6.79. The molecule has 0 unspecified atom stereocenters. The van der Waals surface area contributed by atoms with Gasteiger partial charge in [0.25, 0.3) is 0 Å². The van der Waals surface area contributed by atoms with Gasteiger partial charge in [-0.25, -0.2) is 13.5 Å². The van der Waals surface area contributed by atoms with Crippen LogP contribution in [0.25, 0.3) is 0 Å². The normalized spacial score (nSPS) is 15.5. The zero-order chi connectivity index (χ0) is 24.0. The van der Waals surface area contributed by atoms with Crippen LogP contribution >= 0.6 is 11.6 Å². The number of aromatic amines is 1. The highest BCUT2D eigenvalue weighted by molar-refractivity contribution is 7.92. The molecule has 0 atom stereocenters. The Morgan fingerprint density at radius 3 is 2.48 bits per heavy atom. The van der Waals surface area contributed by atoms with Crippen molar-refractivity contribution in [3.63, 3.8) is 0 Å². The first-order valence-corrected chi connectivity index (χ1v) is 13.5. The molecule has 182 valence electrons. The van der Waals surface area contributed by atoms with Crippen LogP contribution in [0.5, 0.6) is 0 Å². The van der Waals surface area contributed by atoms with E-state index in [1.54, 1.807) is 13.8 Å². The van der Waals surface area contributed by atoms with Crippen molar-refractivity contribution < 1.29 is 13.2 Å². The quantitative estimate of drug-likeness (QED) is 0.485. The van der Waals surface area contributed by atoms with Gasteiger partial charge in [0.1, 0.15) is 11.5 Å². The molecule has 2 aromatic rings. The standard InChI is InChI=1S/C22H33ClN6O3S/c1-16(2)20(30)15-33(31,32)14-13-28(10-7-17-3-5-18(23)6-4-17)19-8-11-29(12-9-19)22-25-21(24)26-27-22/h3-6,16,19H,7-15H2,1-2H3,(H3,24,25,26,27). The molecule has 1 fully saturated rings. The Hall–Kier alpha value is -2.17. The molecule has 9 nitrogen and oxygen atoms in total. The molecule has 0 amide bonds. The number of ketones is 1. The predicted octanol–water partition coefficient (Wildman–Crippen LogP) is 2.19. The van der Waals surface area contributed by atoms with Crippen LogP contribution in [-0.4, -0.2) is 78.0 Å². The molecule has 1 aliphatic heterocycles. The monoisotopic (exact) mass is 496 g/mol. The first kappa shape index (κ1) is 25.5. The number of anilines is 2. The van der Waals surface area contributed by atoms with E-state index in [0.29, 0.717) is 17.5 Å². The van der Waals surface area contributed by atoms with Crippen LogP contribution in [0.3, 0.4) is 0 Å². The van der Waals surface area contributed by atoms with E-state index in [-0.39, 0.29) is 35.2 Å². The largest absolute Gasteiger partial charge is 0.368 e. The number of nitrogens with zero attached hydrogens (tertiary/aromatic N) is 4. The average molecular weight is 497 g/mol. The van der Waals surface area contributed by atoms with Gasteiger partial charge in [0.15, 0.2) is 9.84 Å². The van der Waals surface area contributed by atoms with Crippen molar-refractivity contribution in [1.82, 2.24) is 20.1 Å². The fourth-order valence-electron chi connectivity index (χ4n) is 3.95. The van der Waals surface area contributed by atoms with Crippen molar-refractivity contribution in [3.05, 3.63) is 34.9 Å². The number of Topliss-reactive ketones (excluding diaryl/α,β-unsaturated/α-hetero) is 1. The molecule has 3 N–H and O–H groups in total. The first-order chi connectivity index (χ1) is 15.6. The SMILES string of the molecule is CC(C)C(=O)CS(=O)(=O)CCN(CCc1ccc(Cl)cc1)C1CCN(c2n[nH]c(N)n2)CC1. The number of benzene rings is 1. The Labute approximate surface area is 200 Å². The molecule has 33 heavy (non-hydrogen) atoms. The summed E-state index contributed by atoms with van der Waals surface area (Å²) in [6.07, 6.45) is 2.51. The highest BCUT2D eigenvalue weighted by Crippen LogP contribution is 2.21. The average Bonchev–Trinajstić information content (AvgIpc) is 3.21. The molecule has 0 spiro atoms. The number of carbonyl (C=O) groups is 1. The van der Waals surface area contributed by atoms with E-state index in [0.717, 1.165) is 44.5 Å². The zero-order valence-corrected chi connectivity index (χ0v) is 20.8. The molecule has 0 bridgehead atoms. The Morgan fingerprint density at radius 2 is 1.91 bits per heavy atom. The van der Waals surface area contributed by atoms with Gasteiger partial charge >= 0.3 is 0 Å². The number of H-pyrrole nitrogens is 1.